The number of aromatic nitrogens is 2. The van der Waals surface area contributed by atoms with E-state index >= 15 is 0 Å². The first kappa shape index (κ1) is 12.0. The molecule has 6 nitrogen and oxygen atoms in total. The number of aromatic amines is 1. The standard InChI is InChI=1S/C12H13N3O3/c1-18-9-4-2-8(3-5-9)6-13-10-11(16)14-7-15-12(10)17/h2-5,7,13H,6H2,1H3,(H2,14,15,16,17). The predicted molar refractivity (Wildman–Crippen MR) is 66.8 cm³/mol. The largest absolute Gasteiger partial charge is 0.497 e. The molecule has 18 heavy (non-hydrogen) atoms. The van der Waals surface area contributed by atoms with E-state index in [2.05, 4.69) is 15.3 Å². The molecule has 0 radical (unpaired) electrons. The van der Waals surface area contributed by atoms with Gasteiger partial charge in [0.1, 0.15) is 5.75 Å². The fraction of sp³-hybridized carbons (Fsp3) is 0.167. The third-order valence-corrected chi connectivity index (χ3v) is 2.46. The number of benzene rings is 1. The van der Waals surface area contributed by atoms with E-state index in [1.54, 1.807) is 7.11 Å². The third-order valence-electron chi connectivity index (χ3n) is 2.46. The highest BCUT2D eigenvalue weighted by atomic mass is 16.5. The zero-order chi connectivity index (χ0) is 13.0. The summed E-state index contributed by atoms with van der Waals surface area (Å²) >= 11 is 0. The Morgan fingerprint density at radius 2 is 2.11 bits per heavy atom. The molecule has 0 atom stereocenters. The Labute approximate surface area is 103 Å². The molecule has 2 rings (SSSR count). The Morgan fingerprint density at radius 3 is 2.72 bits per heavy atom. The molecule has 2 aromatic rings. The van der Waals surface area contributed by atoms with Crippen LogP contribution < -0.4 is 15.6 Å². The minimum Gasteiger partial charge on any atom is -0.497 e. The molecule has 94 valence electrons. The second kappa shape index (κ2) is 5.22. The van der Waals surface area contributed by atoms with Crippen LogP contribution in [0.1, 0.15) is 5.56 Å². The average molecular weight is 247 g/mol. The summed E-state index contributed by atoms with van der Waals surface area (Å²) in [6.07, 6.45) is 1.15. The van der Waals surface area contributed by atoms with Crippen LogP contribution in [0, 0.1) is 0 Å². The van der Waals surface area contributed by atoms with Gasteiger partial charge in [0.25, 0.3) is 5.56 Å². The third kappa shape index (κ3) is 2.60. The number of aromatic hydroxyl groups is 1. The summed E-state index contributed by atoms with van der Waals surface area (Å²) < 4.78 is 5.04. The van der Waals surface area contributed by atoms with Crippen molar-refractivity contribution >= 4 is 5.69 Å². The zero-order valence-electron chi connectivity index (χ0n) is 9.80. The van der Waals surface area contributed by atoms with Crippen LogP contribution in [0.25, 0.3) is 0 Å². The summed E-state index contributed by atoms with van der Waals surface area (Å²) in [6.45, 7) is 0.409. The van der Waals surface area contributed by atoms with E-state index in [4.69, 9.17) is 4.74 Å². The Hall–Kier alpha value is -2.50. The average Bonchev–Trinajstić information content (AvgIpc) is 2.39. The highest BCUT2D eigenvalue weighted by Crippen LogP contribution is 2.15. The van der Waals surface area contributed by atoms with Gasteiger partial charge in [0.05, 0.1) is 13.4 Å². The highest BCUT2D eigenvalue weighted by Gasteiger charge is 2.06. The molecule has 1 aromatic heterocycles. The van der Waals surface area contributed by atoms with Gasteiger partial charge in [-0.15, -0.1) is 0 Å². The molecule has 0 unspecified atom stereocenters. The molecular formula is C12H13N3O3. The second-order valence-corrected chi connectivity index (χ2v) is 3.63. The van der Waals surface area contributed by atoms with Crippen molar-refractivity contribution < 1.29 is 9.84 Å². The van der Waals surface area contributed by atoms with Gasteiger partial charge in [0.2, 0.25) is 5.88 Å². The van der Waals surface area contributed by atoms with E-state index in [-0.39, 0.29) is 11.6 Å². The maximum absolute atomic E-state index is 11.4. The summed E-state index contributed by atoms with van der Waals surface area (Å²) in [7, 11) is 1.60. The monoisotopic (exact) mass is 247 g/mol. The molecule has 0 aliphatic rings. The lowest BCUT2D eigenvalue weighted by Gasteiger charge is -2.07. The van der Waals surface area contributed by atoms with Crippen LogP contribution in [-0.2, 0) is 6.54 Å². The van der Waals surface area contributed by atoms with Gasteiger partial charge in [-0.1, -0.05) is 12.1 Å². The lowest BCUT2D eigenvalue weighted by Crippen LogP contribution is -2.14. The second-order valence-electron chi connectivity index (χ2n) is 3.63. The van der Waals surface area contributed by atoms with Gasteiger partial charge < -0.3 is 20.1 Å². The van der Waals surface area contributed by atoms with Crippen molar-refractivity contribution in [3.63, 3.8) is 0 Å². The van der Waals surface area contributed by atoms with Crippen molar-refractivity contribution in [3.8, 4) is 11.6 Å². The van der Waals surface area contributed by atoms with Gasteiger partial charge in [-0.2, -0.15) is 0 Å². The number of hydrogen-bond acceptors (Lipinski definition) is 5. The molecule has 0 saturated carbocycles. The van der Waals surface area contributed by atoms with E-state index < -0.39 is 5.56 Å². The van der Waals surface area contributed by atoms with Crippen LogP contribution in [0.2, 0.25) is 0 Å². The van der Waals surface area contributed by atoms with Crippen molar-refractivity contribution in [2.24, 2.45) is 0 Å². The Balaban J connectivity index is 2.09. The van der Waals surface area contributed by atoms with Crippen LogP contribution in [0.15, 0.2) is 35.4 Å². The van der Waals surface area contributed by atoms with E-state index in [1.165, 1.54) is 0 Å². The van der Waals surface area contributed by atoms with E-state index in [0.717, 1.165) is 17.6 Å². The van der Waals surface area contributed by atoms with Crippen molar-refractivity contribution in [2.75, 3.05) is 12.4 Å². The quantitative estimate of drug-likeness (QED) is 0.753. The number of nitrogens with zero attached hydrogens (tertiary/aromatic N) is 1. The molecule has 3 N–H and O–H groups in total. The SMILES string of the molecule is COc1ccc(CNc2c(O)nc[nH]c2=O)cc1. The number of methoxy groups -OCH3 is 1. The first-order chi connectivity index (χ1) is 8.70. The molecule has 6 heteroatoms. The molecule has 0 amide bonds. The summed E-state index contributed by atoms with van der Waals surface area (Å²) in [5, 5.41) is 12.3. The predicted octanol–water partition coefficient (Wildman–Crippen LogP) is 1.10. The summed E-state index contributed by atoms with van der Waals surface area (Å²) in [5.74, 6) is 0.452. The molecular weight excluding hydrogens is 234 g/mol. The fourth-order valence-electron chi connectivity index (χ4n) is 1.48. The Bertz CT molecular complexity index is 578. The molecule has 0 aliphatic heterocycles. The van der Waals surface area contributed by atoms with Gasteiger partial charge >= 0.3 is 0 Å². The first-order valence-corrected chi connectivity index (χ1v) is 5.34. The van der Waals surface area contributed by atoms with Gasteiger partial charge in [0.15, 0.2) is 5.69 Å². The lowest BCUT2D eigenvalue weighted by atomic mass is 10.2. The molecule has 0 spiro atoms. The van der Waals surface area contributed by atoms with Gasteiger partial charge in [-0.25, -0.2) is 4.98 Å². The van der Waals surface area contributed by atoms with Crippen molar-refractivity contribution in [3.05, 3.63) is 46.5 Å². The van der Waals surface area contributed by atoms with Crippen LogP contribution >= 0.6 is 0 Å². The summed E-state index contributed by atoms with van der Waals surface area (Å²) in [6, 6.07) is 7.38. The van der Waals surface area contributed by atoms with E-state index in [0.29, 0.717) is 6.54 Å². The Morgan fingerprint density at radius 1 is 1.39 bits per heavy atom. The van der Waals surface area contributed by atoms with Crippen LogP contribution in [0.5, 0.6) is 11.6 Å². The molecule has 0 bridgehead atoms. The van der Waals surface area contributed by atoms with Gasteiger partial charge in [-0.3, -0.25) is 4.79 Å². The van der Waals surface area contributed by atoms with Crippen molar-refractivity contribution in [2.45, 2.75) is 6.54 Å². The highest BCUT2D eigenvalue weighted by molar-refractivity contribution is 5.49. The number of anilines is 1. The molecule has 1 heterocycles. The zero-order valence-corrected chi connectivity index (χ0v) is 9.80. The number of nitrogens with one attached hydrogen (secondary N) is 2. The molecule has 1 aromatic carbocycles. The normalized spacial score (nSPS) is 10.1. The smallest absolute Gasteiger partial charge is 0.278 e. The van der Waals surface area contributed by atoms with Crippen LogP contribution in [0.4, 0.5) is 5.69 Å². The van der Waals surface area contributed by atoms with Gasteiger partial charge in [-0.05, 0) is 17.7 Å². The minimum absolute atomic E-state index is 0.0633. The maximum Gasteiger partial charge on any atom is 0.278 e. The van der Waals surface area contributed by atoms with E-state index in [9.17, 15) is 9.90 Å². The fourth-order valence-corrected chi connectivity index (χ4v) is 1.48. The molecule has 0 saturated heterocycles. The van der Waals surface area contributed by atoms with Crippen molar-refractivity contribution in [1.29, 1.82) is 0 Å². The maximum atomic E-state index is 11.4. The molecule has 0 fully saturated rings. The topological polar surface area (TPSA) is 87.2 Å². The number of H-pyrrole nitrogens is 1. The van der Waals surface area contributed by atoms with Crippen molar-refractivity contribution in [1.82, 2.24) is 9.97 Å². The van der Waals surface area contributed by atoms with E-state index in [1.807, 2.05) is 24.3 Å². The minimum atomic E-state index is -0.406. The lowest BCUT2D eigenvalue weighted by molar-refractivity contribution is 0.414. The van der Waals surface area contributed by atoms with Gasteiger partial charge in [0, 0.05) is 6.54 Å². The number of rotatable bonds is 4. The summed E-state index contributed by atoms with van der Waals surface area (Å²) in [4.78, 5) is 17.4. The first-order valence-electron chi connectivity index (χ1n) is 5.34. The van der Waals surface area contributed by atoms with Crippen LogP contribution in [-0.4, -0.2) is 22.2 Å². The number of hydrogen-bond donors (Lipinski definition) is 3. The Kier molecular flexibility index (Phi) is 3.47. The van der Waals surface area contributed by atoms with Crippen LogP contribution in [0.3, 0.4) is 0 Å². The number of ether oxygens (including phenoxy) is 1. The molecule has 0 aliphatic carbocycles. The summed E-state index contributed by atoms with van der Waals surface area (Å²) in [5.41, 5.74) is 0.614.